The van der Waals surface area contributed by atoms with Crippen LogP contribution in [-0.4, -0.2) is 37.7 Å². The summed E-state index contributed by atoms with van der Waals surface area (Å²) in [6.07, 6.45) is 0.735. The number of hydrogen-bond donors (Lipinski definition) is 3. The van der Waals surface area contributed by atoms with Crippen molar-refractivity contribution >= 4 is 5.97 Å². The Labute approximate surface area is 68.0 Å². The van der Waals surface area contributed by atoms with Gasteiger partial charge in [-0.1, -0.05) is 5.21 Å². The van der Waals surface area contributed by atoms with E-state index in [4.69, 9.17) is 10.8 Å². The fourth-order valence-electron chi connectivity index (χ4n) is 0.696. The van der Waals surface area contributed by atoms with Gasteiger partial charge >= 0.3 is 5.97 Å². The largest absolute Gasteiger partial charge is 0.480 e. The van der Waals surface area contributed by atoms with Crippen LogP contribution in [0.4, 0.5) is 0 Å². The lowest BCUT2D eigenvalue weighted by Gasteiger charge is -2.01. The smallest absolute Gasteiger partial charge is 0.320 e. The molecule has 0 aliphatic carbocycles. The number of nitrogens with one attached hydrogen (secondary N) is 1. The first-order valence-corrected chi connectivity index (χ1v) is 3.41. The third kappa shape index (κ3) is 2.27. The van der Waals surface area contributed by atoms with Gasteiger partial charge in [-0.3, -0.25) is 4.79 Å². The van der Waals surface area contributed by atoms with E-state index in [0.717, 1.165) is 0 Å². The highest BCUT2D eigenvalue weighted by atomic mass is 16.4. The van der Waals surface area contributed by atoms with Crippen molar-refractivity contribution in [3.05, 3.63) is 5.82 Å². The van der Waals surface area contributed by atoms with Gasteiger partial charge in [0.05, 0.1) is 0 Å². The monoisotopic (exact) mass is 171 g/mol. The highest BCUT2D eigenvalue weighted by Gasteiger charge is 2.11. The molecule has 0 aromatic carbocycles. The summed E-state index contributed by atoms with van der Waals surface area (Å²) in [4.78, 5) is 10.3. The van der Waals surface area contributed by atoms with Crippen LogP contribution >= 0.6 is 0 Å². The number of rotatable bonds is 4. The van der Waals surface area contributed by atoms with E-state index in [1.54, 1.807) is 0 Å². The molecule has 0 spiro atoms. The van der Waals surface area contributed by atoms with Crippen LogP contribution in [0.1, 0.15) is 12.2 Å². The second-order valence-electron chi connectivity index (χ2n) is 2.31. The lowest BCUT2D eigenvalue weighted by atomic mass is 10.2. The lowest BCUT2D eigenvalue weighted by molar-refractivity contribution is -0.138. The molecule has 0 bridgehead atoms. The first kappa shape index (κ1) is 8.60. The molecule has 66 valence electrons. The number of tetrazole rings is 1. The van der Waals surface area contributed by atoms with Gasteiger partial charge in [0.15, 0.2) is 5.82 Å². The quantitative estimate of drug-likeness (QED) is 0.509. The van der Waals surface area contributed by atoms with Crippen molar-refractivity contribution in [2.45, 2.75) is 18.9 Å². The molecule has 0 aliphatic heterocycles. The van der Waals surface area contributed by atoms with Gasteiger partial charge in [-0.05, 0) is 6.42 Å². The van der Waals surface area contributed by atoms with Crippen LogP contribution in [0.25, 0.3) is 0 Å². The predicted molar refractivity (Wildman–Crippen MR) is 38.1 cm³/mol. The minimum absolute atomic E-state index is 0.314. The van der Waals surface area contributed by atoms with Crippen LogP contribution in [0.5, 0.6) is 0 Å². The summed E-state index contributed by atoms with van der Waals surface area (Å²) < 4.78 is 0. The topological polar surface area (TPSA) is 118 Å². The number of carboxylic acids is 1. The van der Waals surface area contributed by atoms with Crippen molar-refractivity contribution < 1.29 is 9.90 Å². The molecule has 1 aromatic rings. The Bertz CT molecular complexity index is 246. The number of aliphatic carboxylic acids is 1. The summed E-state index contributed by atoms with van der Waals surface area (Å²) in [5.74, 6) is -0.537. The molecule has 0 saturated heterocycles. The molecule has 0 fully saturated rings. The van der Waals surface area contributed by atoms with Crippen molar-refractivity contribution in [1.82, 2.24) is 20.6 Å². The van der Waals surface area contributed by atoms with E-state index in [1.807, 2.05) is 0 Å². The lowest BCUT2D eigenvalue weighted by Crippen LogP contribution is -2.30. The van der Waals surface area contributed by atoms with Gasteiger partial charge in [-0.15, -0.1) is 10.2 Å². The maximum absolute atomic E-state index is 10.3. The second kappa shape index (κ2) is 3.77. The summed E-state index contributed by atoms with van der Waals surface area (Å²) in [5, 5.41) is 21.3. The van der Waals surface area contributed by atoms with Crippen LogP contribution in [0.15, 0.2) is 0 Å². The first-order chi connectivity index (χ1) is 5.70. The summed E-state index contributed by atoms with van der Waals surface area (Å²) in [7, 11) is 0. The number of aryl methyl sites for hydroxylation is 1. The molecule has 1 aromatic heterocycles. The Kier molecular flexibility index (Phi) is 2.70. The molecule has 1 heterocycles. The van der Waals surface area contributed by atoms with E-state index in [0.29, 0.717) is 18.7 Å². The number of nitrogens with two attached hydrogens (primary N) is 1. The molecular formula is C5H9N5O2. The molecule has 0 radical (unpaired) electrons. The average molecular weight is 171 g/mol. The maximum Gasteiger partial charge on any atom is 0.320 e. The number of nitrogens with zero attached hydrogens (tertiary/aromatic N) is 3. The normalized spacial score (nSPS) is 12.8. The average Bonchev–Trinajstić information content (AvgIpc) is 2.51. The van der Waals surface area contributed by atoms with E-state index in [1.165, 1.54) is 0 Å². The Morgan fingerprint density at radius 2 is 2.50 bits per heavy atom. The Balaban J connectivity index is 2.31. The van der Waals surface area contributed by atoms with Crippen LogP contribution < -0.4 is 5.73 Å². The third-order valence-corrected chi connectivity index (χ3v) is 1.39. The van der Waals surface area contributed by atoms with Crippen LogP contribution in [0, 0.1) is 0 Å². The molecule has 0 unspecified atom stereocenters. The molecular weight excluding hydrogens is 162 g/mol. The number of aromatic amines is 1. The number of carbonyl (C=O) groups is 1. The standard InChI is InChI=1S/C5H9N5O2/c6-3(5(11)12)1-2-4-7-9-10-8-4/h3H,1-2,6H2,(H,11,12)(H,7,8,9,10)/t3-/m1/s1. The Morgan fingerprint density at radius 1 is 1.75 bits per heavy atom. The van der Waals surface area contributed by atoms with E-state index in [9.17, 15) is 4.79 Å². The van der Waals surface area contributed by atoms with Gasteiger partial charge < -0.3 is 10.8 Å². The van der Waals surface area contributed by atoms with Gasteiger partial charge in [0.1, 0.15) is 6.04 Å². The molecule has 7 heteroatoms. The van der Waals surface area contributed by atoms with E-state index in [2.05, 4.69) is 20.6 Å². The van der Waals surface area contributed by atoms with Gasteiger partial charge in [0, 0.05) is 6.42 Å². The molecule has 0 amide bonds. The van der Waals surface area contributed by atoms with Crippen molar-refractivity contribution in [1.29, 1.82) is 0 Å². The zero-order chi connectivity index (χ0) is 8.97. The van der Waals surface area contributed by atoms with Crippen molar-refractivity contribution in [2.24, 2.45) is 5.73 Å². The summed E-state index contributed by atoms with van der Waals surface area (Å²) in [6, 6.07) is -0.858. The fraction of sp³-hybridized carbons (Fsp3) is 0.600. The van der Waals surface area contributed by atoms with Crippen LogP contribution in [0.2, 0.25) is 0 Å². The zero-order valence-electron chi connectivity index (χ0n) is 6.27. The van der Waals surface area contributed by atoms with Gasteiger partial charge in [-0.2, -0.15) is 5.21 Å². The van der Waals surface area contributed by atoms with E-state index in [-0.39, 0.29) is 0 Å². The van der Waals surface area contributed by atoms with E-state index >= 15 is 0 Å². The molecule has 7 nitrogen and oxygen atoms in total. The highest BCUT2D eigenvalue weighted by Crippen LogP contribution is 1.95. The maximum atomic E-state index is 10.3. The van der Waals surface area contributed by atoms with Crippen LogP contribution in [-0.2, 0) is 11.2 Å². The van der Waals surface area contributed by atoms with Crippen LogP contribution in [0.3, 0.4) is 0 Å². The third-order valence-electron chi connectivity index (χ3n) is 1.39. The highest BCUT2D eigenvalue weighted by molar-refractivity contribution is 5.72. The van der Waals surface area contributed by atoms with Gasteiger partial charge in [0.2, 0.25) is 0 Å². The number of aromatic nitrogens is 4. The van der Waals surface area contributed by atoms with Crippen molar-refractivity contribution in [3.63, 3.8) is 0 Å². The van der Waals surface area contributed by atoms with Crippen molar-refractivity contribution in [3.8, 4) is 0 Å². The first-order valence-electron chi connectivity index (χ1n) is 3.41. The number of H-pyrrole nitrogens is 1. The summed E-state index contributed by atoms with van der Waals surface area (Å²) >= 11 is 0. The van der Waals surface area contributed by atoms with Crippen molar-refractivity contribution in [2.75, 3.05) is 0 Å². The second-order valence-corrected chi connectivity index (χ2v) is 2.31. The molecule has 4 N–H and O–H groups in total. The fourth-order valence-corrected chi connectivity index (χ4v) is 0.696. The minimum atomic E-state index is -1.02. The summed E-state index contributed by atoms with van der Waals surface area (Å²) in [5.41, 5.74) is 5.25. The van der Waals surface area contributed by atoms with Gasteiger partial charge in [0.25, 0.3) is 0 Å². The number of hydrogen-bond acceptors (Lipinski definition) is 5. The predicted octanol–water partition coefficient (Wildman–Crippen LogP) is -1.46. The van der Waals surface area contributed by atoms with Gasteiger partial charge in [-0.25, -0.2) is 0 Å². The minimum Gasteiger partial charge on any atom is -0.480 e. The SMILES string of the molecule is N[C@H](CCc1nn[nH]n1)C(=O)O. The molecule has 12 heavy (non-hydrogen) atoms. The molecule has 0 saturated carbocycles. The Hall–Kier alpha value is -1.50. The van der Waals surface area contributed by atoms with E-state index < -0.39 is 12.0 Å². The Morgan fingerprint density at radius 3 is 3.00 bits per heavy atom. The molecule has 0 aliphatic rings. The summed E-state index contributed by atoms with van der Waals surface area (Å²) in [6.45, 7) is 0. The molecule has 1 rings (SSSR count). The number of carboxylic acid groups (broad SMARTS) is 1. The zero-order valence-corrected chi connectivity index (χ0v) is 6.27. The molecule has 1 atom stereocenters.